The van der Waals surface area contributed by atoms with Crippen LogP contribution in [0.3, 0.4) is 0 Å². The molecule has 0 radical (unpaired) electrons. The van der Waals surface area contributed by atoms with Gasteiger partial charge in [0.05, 0.1) is 13.5 Å². The van der Waals surface area contributed by atoms with Crippen LogP contribution in [0.2, 0.25) is 0 Å². The number of nitrogens with one attached hydrogen (secondary N) is 1. The highest BCUT2D eigenvalue weighted by Crippen LogP contribution is 2.34. The molecule has 1 amide bonds. The van der Waals surface area contributed by atoms with Gasteiger partial charge in [-0.25, -0.2) is 9.59 Å². The average molecular weight is 560 g/mol. The first-order valence-corrected chi connectivity index (χ1v) is 15.4. The Morgan fingerprint density at radius 1 is 0.923 bits per heavy atom. The Kier molecular flexibility index (Phi) is 12.8. The summed E-state index contributed by atoms with van der Waals surface area (Å²) in [5.74, 6) is -0.813. The molecule has 7 nitrogen and oxygen atoms in total. The minimum absolute atomic E-state index is 0.00867. The van der Waals surface area contributed by atoms with Crippen LogP contribution in [-0.2, 0) is 30.8 Å². The summed E-state index contributed by atoms with van der Waals surface area (Å²) in [5.41, 5.74) is 1.84. The Balaban J connectivity index is 2.58. The minimum Gasteiger partial charge on any atom is -0.465 e. The van der Waals surface area contributed by atoms with E-state index in [-0.39, 0.29) is 30.2 Å². The predicted octanol–water partition coefficient (Wildman–Crippen LogP) is 5.27. The van der Waals surface area contributed by atoms with Gasteiger partial charge >= 0.3 is 21.9 Å². The maximum absolute atomic E-state index is 14.6. The molecule has 0 aliphatic heterocycles. The molecule has 0 bridgehead atoms. The highest BCUT2D eigenvalue weighted by atomic mass is 32.2. The second-order valence-electron chi connectivity index (χ2n) is 11.2. The molecule has 0 aliphatic rings. The van der Waals surface area contributed by atoms with Crippen LogP contribution in [0.15, 0.2) is 59.5 Å². The molecule has 0 saturated carbocycles. The molecule has 2 aromatic carbocycles. The van der Waals surface area contributed by atoms with Crippen molar-refractivity contribution in [1.82, 2.24) is 5.32 Å². The maximum atomic E-state index is 14.6. The Morgan fingerprint density at radius 3 is 2.13 bits per heavy atom. The molecule has 216 valence electrons. The summed E-state index contributed by atoms with van der Waals surface area (Å²) in [6.07, 6.45) is 1.94. The Morgan fingerprint density at radius 2 is 1.56 bits per heavy atom. The first-order chi connectivity index (χ1) is 18.5. The molecule has 39 heavy (non-hydrogen) atoms. The van der Waals surface area contributed by atoms with E-state index in [0.717, 1.165) is 30.6 Å². The fourth-order valence-electron chi connectivity index (χ4n) is 4.94. The van der Waals surface area contributed by atoms with E-state index in [9.17, 15) is 18.0 Å². The number of rotatable bonds is 16. The summed E-state index contributed by atoms with van der Waals surface area (Å²) in [5, 5.41) is 3.39. The van der Waals surface area contributed by atoms with Crippen LogP contribution in [0.4, 0.5) is 0 Å². The average Bonchev–Trinajstić information content (AvgIpc) is 2.90. The smallest absolute Gasteiger partial charge is 0.366 e. The van der Waals surface area contributed by atoms with Gasteiger partial charge in [0.15, 0.2) is 0 Å². The van der Waals surface area contributed by atoms with E-state index in [1.807, 2.05) is 51.1 Å². The molecule has 0 spiro atoms. The predicted molar refractivity (Wildman–Crippen MR) is 155 cm³/mol. The first-order valence-electron chi connectivity index (χ1n) is 14.0. The quantitative estimate of drug-likeness (QED) is 0.171. The number of sulfonamides is 1. The van der Waals surface area contributed by atoms with Gasteiger partial charge in [-0.15, -0.1) is 3.89 Å². The van der Waals surface area contributed by atoms with Crippen molar-refractivity contribution in [2.24, 2.45) is 11.8 Å². The van der Waals surface area contributed by atoms with Gasteiger partial charge < -0.3 is 10.1 Å². The maximum Gasteiger partial charge on any atom is 0.366 e. The number of ether oxygens (including phenoxy) is 1. The number of unbranched alkanes of at least 4 members (excludes halogenated alkanes) is 1. The zero-order chi connectivity index (χ0) is 29.1. The summed E-state index contributed by atoms with van der Waals surface area (Å²) in [7, 11) is -3.06. The lowest BCUT2D eigenvalue weighted by Crippen LogP contribution is -2.66. The van der Waals surface area contributed by atoms with Gasteiger partial charge in [-0.2, -0.15) is 8.42 Å². The molecule has 0 aliphatic carbocycles. The lowest BCUT2D eigenvalue weighted by atomic mass is 10.0. The number of esters is 1. The number of benzene rings is 2. The van der Waals surface area contributed by atoms with E-state index in [4.69, 9.17) is 4.74 Å². The van der Waals surface area contributed by atoms with E-state index >= 15 is 0 Å². The molecule has 0 fully saturated rings. The van der Waals surface area contributed by atoms with E-state index in [2.05, 4.69) is 19.2 Å². The van der Waals surface area contributed by atoms with Gasteiger partial charge in [-0.05, 0) is 62.9 Å². The largest absolute Gasteiger partial charge is 0.465 e. The SMILES string of the molecule is COC(=O)[C@H](CCCCNCC(C)C)[N+](CC(C)C)(C(=O)CCc1ccccc1)S(=O)(=O)c1ccc(C)cc1. The molecule has 1 N–H and O–H groups in total. The van der Waals surface area contributed by atoms with Gasteiger partial charge in [-0.3, -0.25) is 0 Å². The zero-order valence-corrected chi connectivity index (χ0v) is 25.3. The van der Waals surface area contributed by atoms with Crippen molar-refractivity contribution in [3.63, 3.8) is 0 Å². The summed E-state index contributed by atoms with van der Waals surface area (Å²) in [6.45, 7) is 11.5. The van der Waals surface area contributed by atoms with Crippen LogP contribution < -0.4 is 5.32 Å². The normalized spacial score (nSPS) is 14.3. The number of hydrogen-bond donors (Lipinski definition) is 1. The van der Waals surface area contributed by atoms with Crippen molar-refractivity contribution in [3.05, 3.63) is 65.7 Å². The van der Waals surface area contributed by atoms with Crippen molar-refractivity contribution >= 4 is 21.9 Å². The van der Waals surface area contributed by atoms with Gasteiger partial charge in [0.2, 0.25) is 6.04 Å². The molecule has 0 aromatic heterocycles. The van der Waals surface area contributed by atoms with E-state index in [1.54, 1.807) is 12.1 Å². The molecular weight excluding hydrogens is 512 g/mol. The van der Waals surface area contributed by atoms with Crippen LogP contribution >= 0.6 is 0 Å². The summed E-state index contributed by atoms with van der Waals surface area (Å²) in [4.78, 5) is 27.7. The van der Waals surface area contributed by atoms with E-state index < -0.39 is 31.8 Å². The molecule has 0 saturated heterocycles. The fraction of sp³-hybridized carbons (Fsp3) is 0.548. The van der Waals surface area contributed by atoms with Gasteiger partial charge in [0, 0.05) is 12.3 Å². The fourth-order valence-corrected chi connectivity index (χ4v) is 7.18. The van der Waals surface area contributed by atoms with E-state index in [0.29, 0.717) is 18.8 Å². The number of aryl methyl sites for hydroxylation is 2. The Bertz CT molecular complexity index is 1150. The van der Waals surface area contributed by atoms with Crippen molar-refractivity contribution < 1.29 is 26.6 Å². The molecule has 8 heteroatoms. The number of hydrogen-bond acceptors (Lipinski definition) is 6. The molecular formula is C31H47N2O5S+. The monoisotopic (exact) mass is 559 g/mol. The second kappa shape index (κ2) is 15.3. The summed E-state index contributed by atoms with van der Waals surface area (Å²) < 4.78 is 33.3. The van der Waals surface area contributed by atoms with Crippen molar-refractivity contribution in [3.8, 4) is 0 Å². The third kappa shape index (κ3) is 8.72. The van der Waals surface area contributed by atoms with Crippen LogP contribution in [0.5, 0.6) is 0 Å². The van der Waals surface area contributed by atoms with Gasteiger partial charge in [0.25, 0.3) is 0 Å². The van der Waals surface area contributed by atoms with Crippen molar-refractivity contribution in [2.75, 3.05) is 26.7 Å². The highest BCUT2D eigenvalue weighted by molar-refractivity contribution is 7.86. The molecule has 0 heterocycles. The van der Waals surface area contributed by atoms with Crippen LogP contribution in [-0.4, -0.2) is 57.0 Å². The number of carbonyl (C=O) groups is 2. The second-order valence-corrected chi connectivity index (χ2v) is 13.2. The van der Waals surface area contributed by atoms with Crippen LogP contribution in [0.1, 0.15) is 64.5 Å². The molecule has 1 unspecified atom stereocenters. The minimum atomic E-state index is -4.32. The number of carbonyl (C=O) groups excluding carboxylic acids is 2. The number of methoxy groups -OCH3 is 1. The Hall–Kier alpha value is -2.55. The van der Waals surface area contributed by atoms with Crippen LogP contribution in [0, 0.1) is 18.8 Å². The number of amides is 1. The topological polar surface area (TPSA) is 89.5 Å². The van der Waals surface area contributed by atoms with Crippen molar-refractivity contribution in [2.45, 2.75) is 77.7 Å². The molecule has 2 rings (SSSR count). The zero-order valence-electron chi connectivity index (χ0n) is 24.5. The lowest BCUT2D eigenvalue weighted by Gasteiger charge is -2.40. The molecule has 2 aromatic rings. The number of nitrogens with zero attached hydrogens (tertiary/aromatic N) is 1. The molecule has 2 atom stereocenters. The number of quaternary nitrogens is 1. The van der Waals surface area contributed by atoms with Gasteiger partial charge in [-0.1, -0.05) is 75.7 Å². The van der Waals surface area contributed by atoms with Gasteiger partial charge in [0.1, 0.15) is 11.4 Å². The summed E-state index contributed by atoms with van der Waals surface area (Å²) >= 11 is 0. The lowest BCUT2D eigenvalue weighted by molar-refractivity contribution is -0.753. The van der Waals surface area contributed by atoms with Crippen LogP contribution in [0.25, 0.3) is 0 Å². The van der Waals surface area contributed by atoms with Crippen molar-refractivity contribution in [1.29, 1.82) is 0 Å². The summed E-state index contributed by atoms with van der Waals surface area (Å²) in [6, 6.07) is 14.9. The third-order valence-electron chi connectivity index (χ3n) is 6.89. The van der Waals surface area contributed by atoms with E-state index in [1.165, 1.54) is 19.2 Å². The highest BCUT2D eigenvalue weighted by Gasteiger charge is 2.58. The third-order valence-corrected chi connectivity index (χ3v) is 9.22. The first kappa shape index (κ1) is 32.7. The standard InChI is InChI=1S/C31H47N2O5S/c1-24(2)22-32-21-11-10-14-29(31(35)38-6)33(23-25(3)4,30(34)20-17-27-12-8-7-9-13-27)39(36,37)28-18-15-26(5)16-19-28/h7-9,12-13,15-16,18-19,24-25,29,32H,10-11,14,17,20-23H2,1-6H3/q+1/t29-,33?/m0/s1. The Labute approximate surface area is 235 Å².